The monoisotopic (exact) mass is 422 g/mol. The van der Waals surface area contributed by atoms with Gasteiger partial charge in [0.25, 0.3) is 0 Å². The number of carbonyl (C=O) groups excluding carboxylic acids is 1. The van der Waals surface area contributed by atoms with Crippen molar-refractivity contribution in [3.8, 4) is 5.75 Å². The molecule has 0 fully saturated rings. The normalized spacial score (nSPS) is 14.7. The average molecular weight is 423 g/mol. The number of rotatable bonds is 5. The lowest BCUT2D eigenvalue weighted by Crippen LogP contribution is -2.29. The third kappa shape index (κ3) is 4.39. The Balaban J connectivity index is 1.75. The number of hydrogen-bond acceptors (Lipinski definition) is 6. The van der Waals surface area contributed by atoms with Crippen LogP contribution >= 0.6 is 11.6 Å². The van der Waals surface area contributed by atoms with Gasteiger partial charge in [0.2, 0.25) is 5.95 Å². The van der Waals surface area contributed by atoms with Crippen LogP contribution in [0.25, 0.3) is 0 Å². The standard InChI is InChI=1S/C23H23ClN4O2/c1-23(2)12-18-20(19(29)13-23)21(25-15-9-7-14(24)8-10-15)28-22(27-18)26-16-5-4-6-17(11-16)30-3/h4-11H,12-13H2,1-3H3,(H2,25,26,27,28). The summed E-state index contributed by atoms with van der Waals surface area (Å²) in [7, 11) is 1.62. The van der Waals surface area contributed by atoms with Crippen molar-refractivity contribution in [1.29, 1.82) is 0 Å². The smallest absolute Gasteiger partial charge is 0.229 e. The van der Waals surface area contributed by atoms with E-state index in [0.29, 0.717) is 35.2 Å². The van der Waals surface area contributed by atoms with Crippen LogP contribution in [0, 0.1) is 5.41 Å². The first-order valence-electron chi connectivity index (χ1n) is 9.71. The van der Waals surface area contributed by atoms with Gasteiger partial charge in [-0.1, -0.05) is 31.5 Å². The maximum atomic E-state index is 12.9. The molecule has 1 heterocycles. The van der Waals surface area contributed by atoms with E-state index in [0.717, 1.165) is 22.8 Å². The van der Waals surface area contributed by atoms with E-state index in [-0.39, 0.29) is 11.2 Å². The van der Waals surface area contributed by atoms with Gasteiger partial charge in [0.15, 0.2) is 5.78 Å². The molecule has 2 N–H and O–H groups in total. The van der Waals surface area contributed by atoms with Gasteiger partial charge in [-0.25, -0.2) is 4.98 Å². The van der Waals surface area contributed by atoms with Crippen molar-refractivity contribution in [3.05, 3.63) is 64.8 Å². The summed E-state index contributed by atoms with van der Waals surface area (Å²) < 4.78 is 5.29. The lowest BCUT2D eigenvalue weighted by molar-refractivity contribution is 0.0911. The summed E-state index contributed by atoms with van der Waals surface area (Å²) in [6.07, 6.45) is 1.15. The number of benzene rings is 2. The predicted octanol–water partition coefficient (Wildman–Crippen LogP) is 5.78. The fourth-order valence-electron chi connectivity index (χ4n) is 3.61. The number of carbonyl (C=O) groups is 1. The van der Waals surface area contributed by atoms with Gasteiger partial charge >= 0.3 is 0 Å². The first-order valence-corrected chi connectivity index (χ1v) is 10.1. The lowest BCUT2D eigenvalue weighted by atomic mass is 9.75. The van der Waals surface area contributed by atoms with E-state index in [1.54, 1.807) is 19.2 Å². The van der Waals surface area contributed by atoms with Crippen LogP contribution in [0.5, 0.6) is 5.75 Å². The summed E-state index contributed by atoms with van der Waals surface area (Å²) in [4.78, 5) is 22.2. The number of Topliss-reactive ketones (excluding diaryl/α,β-unsaturated/α-hetero) is 1. The van der Waals surface area contributed by atoms with Crippen molar-refractivity contribution in [1.82, 2.24) is 9.97 Å². The van der Waals surface area contributed by atoms with Gasteiger partial charge in [-0.05, 0) is 48.2 Å². The van der Waals surface area contributed by atoms with Crippen molar-refractivity contribution < 1.29 is 9.53 Å². The number of ether oxygens (including phenoxy) is 1. The molecule has 154 valence electrons. The predicted molar refractivity (Wildman–Crippen MR) is 119 cm³/mol. The Kier molecular flexibility index (Phi) is 5.35. The van der Waals surface area contributed by atoms with Gasteiger partial charge in [0.05, 0.1) is 18.4 Å². The number of fused-ring (bicyclic) bond motifs is 1. The van der Waals surface area contributed by atoms with Crippen LogP contribution in [0.2, 0.25) is 5.02 Å². The highest BCUT2D eigenvalue weighted by Gasteiger charge is 2.35. The molecule has 0 unspecified atom stereocenters. The summed E-state index contributed by atoms with van der Waals surface area (Å²) in [5.41, 5.74) is 2.75. The summed E-state index contributed by atoms with van der Waals surface area (Å²) in [6.45, 7) is 4.16. The quantitative estimate of drug-likeness (QED) is 0.542. The van der Waals surface area contributed by atoms with Gasteiger partial charge in [-0.15, -0.1) is 0 Å². The number of methoxy groups -OCH3 is 1. The number of halogens is 1. The van der Waals surface area contributed by atoms with E-state index >= 15 is 0 Å². The minimum absolute atomic E-state index is 0.0469. The Hall–Kier alpha value is -3.12. The molecule has 30 heavy (non-hydrogen) atoms. The molecule has 0 saturated heterocycles. The second-order valence-electron chi connectivity index (χ2n) is 8.15. The first-order chi connectivity index (χ1) is 14.3. The molecule has 0 bridgehead atoms. The zero-order chi connectivity index (χ0) is 21.3. The maximum Gasteiger partial charge on any atom is 0.229 e. The molecule has 0 saturated carbocycles. The lowest BCUT2D eigenvalue weighted by Gasteiger charge is -2.30. The maximum absolute atomic E-state index is 12.9. The average Bonchev–Trinajstić information content (AvgIpc) is 2.68. The number of ketones is 1. The molecule has 1 aliphatic carbocycles. The van der Waals surface area contributed by atoms with E-state index in [1.807, 2.05) is 36.4 Å². The van der Waals surface area contributed by atoms with Crippen LogP contribution in [0.3, 0.4) is 0 Å². The number of anilines is 4. The highest BCUT2D eigenvalue weighted by atomic mass is 35.5. The Morgan fingerprint density at radius 3 is 2.50 bits per heavy atom. The summed E-state index contributed by atoms with van der Waals surface area (Å²) in [5.74, 6) is 1.69. The molecule has 1 aliphatic rings. The van der Waals surface area contributed by atoms with Crippen LogP contribution in [0.4, 0.5) is 23.1 Å². The molecular formula is C23H23ClN4O2. The van der Waals surface area contributed by atoms with Crippen molar-refractivity contribution in [2.75, 3.05) is 17.7 Å². The molecule has 2 aromatic carbocycles. The van der Waals surface area contributed by atoms with Crippen molar-refractivity contribution >= 4 is 40.5 Å². The fourth-order valence-corrected chi connectivity index (χ4v) is 3.74. The Bertz CT molecular complexity index is 1100. The topological polar surface area (TPSA) is 76.1 Å². The first kappa shape index (κ1) is 20.2. The molecule has 7 heteroatoms. The van der Waals surface area contributed by atoms with Gasteiger partial charge in [-0.2, -0.15) is 4.98 Å². The molecule has 0 radical (unpaired) electrons. The minimum atomic E-state index is -0.150. The molecule has 6 nitrogen and oxygen atoms in total. The van der Waals surface area contributed by atoms with Crippen LogP contribution < -0.4 is 15.4 Å². The highest BCUT2D eigenvalue weighted by Crippen LogP contribution is 2.38. The minimum Gasteiger partial charge on any atom is -0.497 e. The van der Waals surface area contributed by atoms with Gasteiger partial charge in [0, 0.05) is 28.9 Å². The zero-order valence-electron chi connectivity index (χ0n) is 17.1. The second kappa shape index (κ2) is 7.95. The van der Waals surface area contributed by atoms with E-state index < -0.39 is 0 Å². The van der Waals surface area contributed by atoms with Gasteiger partial charge in [-0.3, -0.25) is 4.79 Å². The summed E-state index contributed by atoms with van der Waals surface area (Å²) in [5, 5.41) is 7.14. The van der Waals surface area contributed by atoms with Crippen molar-refractivity contribution in [2.45, 2.75) is 26.7 Å². The molecule has 0 atom stereocenters. The molecule has 4 rings (SSSR count). The summed E-state index contributed by atoms with van der Waals surface area (Å²) in [6, 6.07) is 14.8. The number of aromatic nitrogens is 2. The Morgan fingerprint density at radius 1 is 1.00 bits per heavy atom. The molecule has 0 spiro atoms. The Labute approximate surface area is 180 Å². The van der Waals surface area contributed by atoms with Gasteiger partial charge in [0.1, 0.15) is 11.6 Å². The van der Waals surface area contributed by atoms with Crippen molar-refractivity contribution in [3.63, 3.8) is 0 Å². The number of nitrogens with zero attached hydrogens (tertiary/aromatic N) is 2. The summed E-state index contributed by atoms with van der Waals surface area (Å²) >= 11 is 6.00. The molecule has 0 amide bonds. The number of nitrogens with one attached hydrogen (secondary N) is 2. The number of hydrogen-bond donors (Lipinski definition) is 2. The SMILES string of the molecule is COc1cccc(Nc2nc3c(c(Nc4ccc(Cl)cc4)n2)C(=O)CC(C)(C)C3)c1. The highest BCUT2D eigenvalue weighted by molar-refractivity contribution is 6.30. The third-order valence-electron chi connectivity index (χ3n) is 4.98. The van der Waals surface area contributed by atoms with Crippen LogP contribution in [-0.2, 0) is 6.42 Å². The van der Waals surface area contributed by atoms with Gasteiger partial charge < -0.3 is 15.4 Å². The van der Waals surface area contributed by atoms with E-state index in [9.17, 15) is 4.79 Å². The Morgan fingerprint density at radius 2 is 1.77 bits per heavy atom. The van der Waals surface area contributed by atoms with E-state index in [1.165, 1.54) is 0 Å². The third-order valence-corrected chi connectivity index (χ3v) is 5.23. The molecule has 3 aromatic rings. The van der Waals surface area contributed by atoms with E-state index in [4.69, 9.17) is 16.3 Å². The zero-order valence-corrected chi connectivity index (χ0v) is 17.9. The second-order valence-corrected chi connectivity index (χ2v) is 8.58. The van der Waals surface area contributed by atoms with Crippen LogP contribution in [0.15, 0.2) is 48.5 Å². The van der Waals surface area contributed by atoms with Crippen molar-refractivity contribution in [2.24, 2.45) is 5.41 Å². The molecule has 0 aliphatic heterocycles. The molecular weight excluding hydrogens is 400 g/mol. The largest absolute Gasteiger partial charge is 0.497 e. The van der Waals surface area contributed by atoms with Crippen LogP contribution in [0.1, 0.15) is 36.3 Å². The fraction of sp³-hybridized carbons (Fsp3) is 0.261. The molecule has 1 aromatic heterocycles. The van der Waals surface area contributed by atoms with Crippen LogP contribution in [-0.4, -0.2) is 22.9 Å². The van der Waals surface area contributed by atoms with E-state index in [2.05, 4.69) is 34.4 Å².